The molecule has 0 fully saturated rings. The second kappa shape index (κ2) is 8.25. The Morgan fingerprint density at radius 1 is 1.42 bits per heavy atom. The topological polar surface area (TPSA) is 89.4 Å². The van der Waals surface area contributed by atoms with Crippen LogP contribution in [0.3, 0.4) is 0 Å². The number of rotatable bonds is 7. The SMILES string of the molecule is CCOC(=O)C(CC)c1sc(Sc2ccncc2C(=O)O)nc1C. The number of hydrogen-bond donors (Lipinski definition) is 1. The molecule has 0 saturated carbocycles. The fraction of sp³-hybridized carbons (Fsp3) is 0.375. The van der Waals surface area contributed by atoms with Gasteiger partial charge in [0.15, 0.2) is 4.34 Å². The van der Waals surface area contributed by atoms with E-state index < -0.39 is 5.97 Å². The Morgan fingerprint density at radius 2 is 2.17 bits per heavy atom. The summed E-state index contributed by atoms with van der Waals surface area (Å²) >= 11 is 2.66. The third-order valence-corrected chi connectivity index (χ3v) is 5.73. The lowest BCUT2D eigenvalue weighted by atomic mass is 10.0. The number of aromatic nitrogens is 2. The summed E-state index contributed by atoms with van der Waals surface area (Å²) in [5.74, 6) is -1.62. The summed E-state index contributed by atoms with van der Waals surface area (Å²) < 4.78 is 5.82. The largest absolute Gasteiger partial charge is 0.478 e. The number of hydrogen-bond acceptors (Lipinski definition) is 7. The molecule has 0 radical (unpaired) electrons. The average molecular weight is 366 g/mol. The van der Waals surface area contributed by atoms with E-state index in [0.29, 0.717) is 22.3 Å². The van der Waals surface area contributed by atoms with Crippen LogP contribution in [-0.4, -0.2) is 33.6 Å². The van der Waals surface area contributed by atoms with E-state index in [9.17, 15) is 14.7 Å². The summed E-state index contributed by atoms with van der Waals surface area (Å²) in [7, 11) is 0. The van der Waals surface area contributed by atoms with E-state index in [4.69, 9.17) is 4.74 Å². The fourth-order valence-corrected chi connectivity index (χ4v) is 4.60. The molecule has 128 valence electrons. The molecule has 2 aromatic heterocycles. The maximum atomic E-state index is 12.1. The second-order valence-electron chi connectivity index (χ2n) is 4.92. The Kier molecular flexibility index (Phi) is 6.33. The third-order valence-electron chi connectivity index (χ3n) is 3.32. The van der Waals surface area contributed by atoms with Crippen molar-refractivity contribution in [2.45, 2.75) is 42.3 Å². The Bertz CT molecular complexity index is 745. The van der Waals surface area contributed by atoms with Gasteiger partial charge in [0.25, 0.3) is 0 Å². The molecule has 1 unspecified atom stereocenters. The van der Waals surface area contributed by atoms with E-state index >= 15 is 0 Å². The molecule has 2 aromatic rings. The maximum absolute atomic E-state index is 12.1. The van der Waals surface area contributed by atoms with Gasteiger partial charge in [0.05, 0.1) is 23.8 Å². The summed E-state index contributed by atoms with van der Waals surface area (Å²) in [6, 6.07) is 1.65. The molecule has 0 aliphatic heterocycles. The van der Waals surface area contributed by atoms with Crippen LogP contribution in [0.15, 0.2) is 27.7 Å². The number of pyridine rings is 1. The molecule has 1 N–H and O–H groups in total. The Morgan fingerprint density at radius 3 is 2.79 bits per heavy atom. The summed E-state index contributed by atoms with van der Waals surface area (Å²) in [6.07, 6.45) is 3.49. The van der Waals surface area contributed by atoms with Crippen LogP contribution >= 0.6 is 23.1 Å². The van der Waals surface area contributed by atoms with Crippen molar-refractivity contribution in [1.82, 2.24) is 9.97 Å². The first-order valence-electron chi connectivity index (χ1n) is 7.47. The minimum absolute atomic E-state index is 0.134. The van der Waals surface area contributed by atoms with Crippen molar-refractivity contribution in [2.75, 3.05) is 6.61 Å². The zero-order valence-corrected chi connectivity index (χ0v) is 15.2. The molecular weight excluding hydrogens is 348 g/mol. The molecule has 6 nitrogen and oxygen atoms in total. The molecular formula is C16H18N2O4S2. The Hall–Kier alpha value is -1.93. The van der Waals surface area contributed by atoms with Crippen molar-refractivity contribution < 1.29 is 19.4 Å². The second-order valence-corrected chi connectivity index (χ2v) is 7.24. The maximum Gasteiger partial charge on any atom is 0.338 e. The van der Waals surface area contributed by atoms with Crippen molar-refractivity contribution in [2.24, 2.45) is 0 Å². The van der Waals surface area contributed by atoms with E-state index in [1.807, 2.05) is 13.8 Å². The first kappa shape index (κ1) is 18.4. The third kappa shape index (κ3) is 4.12. The first-order valence-corrected chi connectivity index (χ1v) is 9.10. The molecule has 24 heavy (non-hydrogen) atoms. The molecule has 8 heteroatoms. The Balaban J connectivity index is 2.29. The molecule has 2 heterocycles. The van der Waals surface area contributed by atoms with Crippen molar-refractivity contribution in [3.8, 4) is 0 Å². The van der Waals surface area contributed by atoms with Gasteiger partial charge in [0, 0.05) is 22.2 Å². The number of carbonyl (C=O) groups is 2. The van der Waals surface area contributed by atoms with Crippen LogP contribution in [0.25, 0.3) is 0 Å². The number of nitrogens with zero attached hydrogens (tertiary/aromatic N) is 2. The first-order chi connectivity index (χ1) is 11.5. The lowest BCUT2D eigenvalue weighted by Crippen LogP contribution is -2.15. The van der Waals surface area contributed by atoms with Gasteiger partial charge in [0.1, 0.15) is 0 Å². The van der Waals surface area contributed by atoms with Gasteiger partial charge < -0.3 is 9.84 Å². The van der Waals surface area contributed by atoms with Crippen molar-refractivity contribution in [3.63, 3.8) is 0 Å². The van der Waals surface area contributed by atoms with Gasteiger partial charge >= 0.3 is 11.9 Å². The molecule has 0 bridgehead atoms. The van der Waals surface area contributed by atoms with E-state index in [-0.39, 0.29) is 17.5 Å². The van der Waals surface area contributed by atoms with Crippen LogP contribution in [0, 0.1) is 6.92 Å². The highest BCUT2D eigenvalue weighted by molar-refractivity contribution is 8.01. The zero-order valence-electron chi connectivity index (χ0n) is 13.6. The monoisotopic (exact) mass is 366 g/mol. The summed E-state index contributed by atoms with van der Waals surface area (Å²) in [5, 5.41) is 9.23. The van der Waals surface area contributed by atoms with Crippen molar-refractivity contribution >= 4 is 35.0 Å². The van der Waals surface area contributed by atoms with Crippen molar-refractivity contribution in [1.29, 1.82) is 0 Å². The normalized spacial score (nSPS) is 12.0. The van der Waals surface area contributed by atoms with E-state index in [2.05, 4.69) is 9.97 Å². The minimum atomic E-state index is -1.03. The van der Waals surface area contributed by atoms with Crippen LogP contribution in [0.2, 0.25) is 0 Å². The van der Waals surface area contributed by atoms with Crippen LogP contribution in [0.4, 0.5) is 0 Å². The molecule has 0 aliphatic carbocycles. The van der Waals surface area contributed by atoms with Gasteiger partial charge in [0.2, 0.25) is 0 Å². The van der Waals surface area contributed by atoms with Crippen LogP contribution < -0.4 is 0 Å². The minimum Gasteiger partial charge on any atom is -0.478 e. The quantitative estimate of drug-likeness (QED) is 0.746. The molecule has 0 spiro atoms. The highest BCUT2D eigenvalue weighted by Gasteiger charge is 2.25. The number of carboxylic acids is 1. The smallest absolute Gasteiger partial charge is 0.338 e. The van der Waals surface area contributed by atoms with Crippen molar-refractivity contribution in [3.05, 3.63) is 34.6 Å². The van der Waals surface area contributed by atoms with Gasteiger partial charge in [-0.2, -0.15) is 0 Å². The lowest BCUT2D eigenvalue weighted by Gasteiger charge is -2.11. The fourth-order valence-electron chi connectivity index (χ4n) is 2.18. The van der Waals surface area contributed by atoms with Gasteiger partial charge in [-0.15, -0.1) is 11.3 Å². The number of ether oxygens (including phenoxy) is 1. The van der Waals surface area contributed by atoms with Crippen LogP contribution in [0.5, 0.6) is 0 Å². The number of esters is 1. The van der Waals surface area contributed by atoms with Crippen LogP contribution in [-0.2, 0) is 9.53 Å². The highest BCUT2D eigenvalue weighted by atomic mass is 32.2. The van der Waals surface area contributed by atoms with E-state index in [1.54, 1.807) is 19.2 Å². The van der Waals surface area contributed by atoms with Gasteiger partial charge in [-0.05, 0) is 26.3 Å². The van der Waals surface area contributed by atoms with Gasteiger partial charge in [-0.1, -0.05) is 18.7 Å². The highest BCUT2D eigenvalue weighted by Crippen LogP contribution is 2.38. The number of carboxylic acid groups (broad SMARTS) is 1. The molecule has 0 saturated heterocycles. The standard InChI is InChI=1S/C16H18N2O4S2/c1-4-10(15(21)22-5-2)13-9(3)18-16(24-13)23-12-6-7-17-8-11(12)14(19)20/h6-8,10H,4-5H2,1-3H3,(H,19,20). The molecule has 0 aliphatic rings. The number of aromatic carboxylic acids is 1. The molecule has 0 aromatic carbocycles. The molecule has 2 rings (SSSR count). The summed E-state index contributed by atoms with van der Waals surface area (Å²) in [5.41, 5.74) is 0.905. The van der Waals surface area contributed by atoms with Gasteiger partial charge in [-0.3, -0.25) is 9.78 Å². The van der Waals surface area contributed by atoms with E-state index in [1.165, 1.54) is 29.3 Å². The lowest BCUT2D eigenvalue weighted by molar-refractivity contribution is -0.145. The molecule has 1 atom stereocenters. The molecule has 0 amide bonds. The zero-order chi connectivity index (χ0) is 17.7. The number of carbonyl (C=O) groups excluding carboxylic acids is 1. The average Bonchev–Trinajstić information content (AvgIpc) is 2.89. The van der Waals surface area contributed by atoms with E-state index in [0.717, 1.165) is 10.6 Å². The number of thiazole rings is 1. The summed E-state index contributed by atoms with van der Waals surface area (Å²) in [4.78, 5) is 33.1. The van der Waals surface area contributed by atoms with Crippen LogP contribution in [0.1, 0.15) is 47.1 Å². The van der Waals surface area contributed by atoms with Gasteiger partial charge in [-0.25, -0.2) is 9.78 Å². The summed E-state index contributed by atoms with van der Waals surface area (Å²) in [6.45, 7) is 5.90. The number of aryl methyl sites for hydroxylation is 1. The Labute approximate surface area is 148 Å². The predicted molar refractivity (Wildman–Crippen MR) is 91.8 cm³/mol. The predicted octanol–water partition coefficient (Wildman–Crippen LogP) is 3.75.